The number of aromatic nitrogens is 3. The first-order valence-electron chi connectivity index (χ1n) is 11.6. The van der Waals surface area contributed by atoms with Crippen molar-refractivity contribution in [2.45, 2.75) is 42.4 Å². The minimum Gasteiger partial charge on any atom is -0.354 e. The van der Waals surface area contributed by atoms with E-state index in [9.17, 15) is 30.4 Å². The molecule has 1 atom stereocenters. The smallest absolute Gasteiger partial charge is 0.354 e. The van der Waals surface area contributed by atoms with Gasteiger partial charge in [-0.15, -0.1) is 0 Å². The number of nitrogens with zero attached hydrogens (tertiary/aromatic N) is 3. The van der Waals surface area contributed by atoms with E-state index in [-0.39, 0.29) is 35.6 Å². The van der Waals surface area contributed by atoms with Gasteiger partial charge in [0.25, 0.3) is 0 Å². The van der Waals surface area contributed by atoms with Gasteiger partial charge in [0.15, 0.2) is 5.82 Å². The molecule has 0 radical (unpaired) electrons. The van der Waals surface area contributed by atoms with Crippen molar-refractivity contribution in [2.24, 2.45) is 5.14 Å². The Labute approximate surface area is 219 Å². The average Bonchev–Trinajstić information content (AvgIpc) is 3.64. The molecule has 0 spiro atoms. The highest BCUT2D eigenvalue weighted by atomic mass is 32.2. The fraction of sp³-hybridized carbons (Fsp3) is 0.240. The van der Waals surface area contributed by atoms with Crippen molar-refractivity contribution in [2.75, 3.05) is 10.6 Å². The Morgan fingerprint density at radius 3 is 2.26 bits per heavy atom. The lowest BCUT2D eigenvalue weighted by Crippen LogP contribution is -2.39. The molecule has 39 heavy (non-hydrogen) atoms. The minimum absolute atomic E-state index is 0.0669. The van der Waals surface area contributed by atoms with Gasteiger partial charge in [-0.05, 0) is 73.9 Å². The second-order valence-electron chi connectivity index (χ2n) is 9.27. The molecule has 1 aliphatic rings. The number of fused-ring (bicyclic) bond motifs is 1. The van der Waals surface area contributed by atoms with Crippen molar-refractivity contribution in [3.8, 4) is 11.3 Å². The predicted octanol–water partition coefficient (Wildman–Crippen LogP) is 5.30. The molecule has 0 saturated heterocycles. The summed E-state index contributed by atoms with van der Waals surface area (Å²) < 4.78 is 92.1. The number of nitrogens with one attached hydrogen (secondary N) is 2. The van der Waals surface area contributed by atoms with Gasteiger partial charge >= 0.3 is 6.18 Å². The number of anilines is 2. The molecule has 0 unspecified atom stereocenters. The molecule has 0 amide bonds. The summed E-state index contributed by atoms with van der Waals surface area (Å²) in [5.41, 5.74) is -0.613. The van der Waals surface area contributed by atoms with E-state index in [1.807, 2.05) is 0 Å². The molecule has 0 bridgehead atoms. The van der Waals surface area contributed by atoms with E-state index < -0.39 is 44.3 Å². The Morgan fingerprint density at radius 2 is 1.67 bits per heavy atom. The lowest BCUT2D eigenvalue weighted by atomic mass is 10.1. The molecule has 2 aromatic carbocycles. The molecule has 0 aliphatic heterocycles. The average molecular weight is 565 g/mol. The van der Waals surface area contributed by atoms with Crippen LogP contribution in [0.2, 0.25) is 0 Å². The Bertz CT molecular complexity index is 1680. The Kier molecular flexibility index (Phi) is 6.42. The van der Waals surface area contributed by atoms with E-state index in [1.54, 1.807) is 19.1 Å². The van der Waals surface area contributed by atoms with Crippen molar-refractivity contribution >= 4 is 32.8 Å². The highest BCUT2D eigenvalue weighted by Gasteiger charge is 2.64. The Hall–Kier alpha value is -3.91. The minimum atomic E-state index is -4.54. The fourth-order valence-electron chi connectivity index (χ4n) is 4.07. The normalized spacial score (nSPS) is 15.7. The van der Waals surface area contributed by atoms with Crippen LogP contribution in [0.5, 0.6) is 0 Å². The monoisotopic (exact) mass is 564 g/mol. The molecule has 1 fully saturated rings. The first-order valence-corrected chi connectivity index (χ1v) is 13.2. The van der Waals surface area contributed by atoms with Crippen LogP contribution in [0.15, 0.2) is 59.5 Å². The van der Waals surface area contributed by atoms with E-state index in [0.717, 1.165) is 12.1 Å². The summed E-state index contributed by atoms with van der Waals surface area (Å²) in [7, 11) is -4.26. The zero-order valence-electron chi connectivity index (χ0n) is 20.2. The van der Waals surface area contributed by atoms with Crippen molar-refractivity contribution in [3.63, 3.8) is 0 Å². The fourth-order valence-corrected chi connectivity index (χ4v) is 4.66. The standard InChI is InChI=1S/C25H21F5N6O2S/c1-13(15-4-9-20(17(27)12-15)39(31,37)38)32-23-34-19-8-7-18(14-2-5-16(26)6-3-14)33-21(19)22(35-23)36-24(10-11-24)25(28,29)30/h2-9,12-13H,10-11H2,1H3,(H2,31,37,38)(H2,32,34,35,36)/t13-/m1/s1. The Morgan fingerprint density at radius 1 is 0.974 bits per heavy atom. The van der Waals surface area contributed by atoms with Crippen molar-refractivity contribution in [3.05, 3.63) is 71.8 Å². The van der Waals surface area contributed by atoms with Crippen LogP contribution < -0.4 is 15.8 Å². The summed E-state index contributed by atoms with van der Waals surface area (Å²) >= 11 is 0. The molecule has 2 aromatic heterocycles. The molecule has 5 rings (SSSR count). The van der Waals surface area contributed by atoms with Gasteiger partial charge in [0, 0.05) is 5.56 Å². The van der Waals surface area contributed by atoms with Gasteiger partial charge in [-0.3, -0.25) is 0 Å². The SMILES string of the molecule is C[C@@H](Nc1nc(NC2(C(F)(F)F)CC2)c2nc(-c3ccc(F)cc3)ccc2n1)c1ccc(S(N)(=O)=O)c(F)c1. The third kappa shape index (κ3) is 5.34. The van der Waals surface area contributed by atoms with Crippen LogP contribution in [0.25, 0.3) is 22.3 Å². The lowest BCUT2D eigenvalue weighted by molar-refractivity contribution is -0.151. The quantitative estimate of drug-likeness (QED) is 0.261. The van der Waals surface area contributed by atoms with Crippen molar-refractivity contribution < 1.29 is 30.4 Å². The van der Waals surface area contributed by atoms with E-state index in [0.29, 0.717) is 16.8 Å². The van der Waals surface area contributed by atoms with Crippen LogP contribution in [-0.4, -0.2) is 35.1 Å². The highest BCUT2D eigenvalue weighted by molar-refractivity contribution is 7.89. The summed E-state index contributed by atoms with van der Waals surface area (Å²) in [6.07, 6.45) is -4.83. The lowest BCUT2D eigenvalue weighted by Gasteiger charge is -2.23. The zero-order chi connectivity index (χ0) is 28.2. The molecular formula is C25H21F5N6O2S. The van der Waals surface area contributed by atoms with Crippen LogP contribution in [0, 0.1) is 11.6 Å². The van der Waals surface area contributed by atoms with Gasteiger partial charge in [-0.1, -0.05) is 6.07 Å². The third-order valence-electron chi connectivity index (χ3n) is 6.44. The second-order valence-corrected chi connectivity index (χ2v) is 10.8. The summed E-state index contributed by atoms with van der Waals surface area (Å²) in [5.74, 6) is -1.73. The van der Waals surface area contributed by atoms with Gasteiger partial charge in [-0.2, -0.15) is 18.2 Å². The summed E-state index contributed by atoms with van der Waals surface area (Å²) in [4.78, 5) is 12.4. The van der Waals surface area contributed by atoms with Gasteiger partial charge in [0.1, 0.15) is 27.6 Å². The van der Waals surface area contributed by atoms with Crippen LogP contribution in [0.1, 0.15) is 31.4 Å². The van der Waals surface area contributed by atoms with E-state index in [2.05, 4.69) is 25.6 Å². The number of alkyl halides is 3. The largest absolute Gasteiger partial charge is 0.411 e. The maximum absolute atomic E-state index is 14.4. The molecule has 4 aromatic rings. The van der Waals surface area contributed by atoms with Gasteiger partial charge in [-0.25, -0.2) is 32.3 Å². The maximum Gasteiger partial charge on any atom is 0.411 e. The Balaban J connectivity index is 1.54. The third-order valence-corrected chi connectivity index (χ3v) is 7.38. The molecule has 4 N–H and O–H groups in total. The van der Waals surface area contributed by atoms with Crippen LogP contribution in [-0.2, 0) is 10.0 Å². The predicted molar refractivity (Wildman–Crippen MR) is 134 cm³/mol. The van der Waals surface area contributed by atoms with Gasteiger partial charge in [0.2, 0.25) is 16.0 Å². The number of primary sulfonamides is 1. The molecule has 1 saturated carbocycles. The van der Waals surface area contributed by atoms with Crippen LogP contribution in [0.3, 0.4) is 0 Å². The van der Waals surface area contributed by atoms with E-state index in [4.69, 9.17) is 5.14 Å². The number of hydrogen-bond acceptors (Lipinski definition) is 7. The first-order chi connectivity index (χ1) is 18.3. The van der Waals surface area contributed by atoms with Gasteiger partial charge in [0.05, 0.1) is 17.3 Å². The van der Waals surface area contributed by atoms with E-state index >= 15 is 0 Å². The second kappa shape index (κ2) is 9.38. The number of benzene rings is 2. The summed E-state index contributed by atoms with van der Waals surface area (Å²) in [6, 6.07) is 11.3. The molecule has 8 nitrogen and oxygen atoms in total. The number of sulfonamides is 1. The van der Waals surface area contributed by atoms with Crippen molar-refractivity contribution in [1.82, 2.24) is 15.0 Å². The van der Waals surface area contributed by atoms with Crippen molar-refractivity contribution in [1.29, 1.82) is 0 Å². The summed E-state index contributed by atoms with van der Waals surface area (Å²) in [5, 5.41) is 10.4. The molecule has 1 aliphatic carbocycles. The zero-order valence-corrected chi connectivity index (χ0v) is 21.0. The molecule has 14 heteroatoms. The molecular weight excluding hydrogens is 543 g/mol. The van der Waals surface area contributed by atoms with Crippen LogP contribution in [0.4, 0.5) is 33.7 Å². The maximum atomic E-state index is 14.4. The number of nitrogens with two attached hydrogens (primary N) is 1. The molecule has 2 heterocycles. The topological polar surface area (TPSA) is 123 Å². The molecule has 204 valence electrons. The number of halogens is 5. The first kappa shape index (κ1) is 26.7. The van der Waals surface area contributed by atoms with Crippen LogP contribution >= 0.6 is 0 Å². The number of rotatable bonds is 7. The highest BCUT2D eigenvalue weighted by Crippen LogP contribution is 2.51. The van der Waals surface area contributed by atoms with Gasteiger partial charge < -0.3 is 10.6 Å². The number of hydrogen-bond donors (Lipinski definition) is 3. The van der Waals surface area contributed by atoms with E-state index in [1.165, 1.54) is 30.3 Å². The number of pyridine rings is 1. The summed E-state index contributed by atoms with van der Waals surface area (Å²) in [6.45, 7) is 1.61.